The van der Waals surface area contributed by atoms with E-state index in [4.69, 9.17) is 4.74 Å². The first-order chi connectivity index (χ1) is 9.76. The van der Waals surface area contributed by atoms with E-state index in [1.165, 1.54) is 0 Å². The molecule has 0 aliphatic carbocycles. The van der Waals surface area contributed by atoms with Crippen LogP contribution in [0.5, 0.6) is 11.5 Å². The Morgan fingerprint density at radius 3 is 2.60 bits per heavy atom. The number of hydrogen-bond donors (Lipinski definition) is 1. The van der Waals surface area contributed by atoms with Crippen molar-refractivity contribution in [2.75, 3.05) is 7.11 Å². The molecule has 2 aromatic carbocycles. The van der Waals surface area contributed by atoms with Crippen molar-refractivity contribution in [2.24, 2.45) is 0 Å². The number of phenolic OH excluding ortho intramolecular Hbond substituents is 1. The minimum absolute atomic E-state index is 0.262. The molecule has 0 atom stereocenters. The molecule has 0 aliphatic rings. The van der Waals surface area contributed by atoms with Crippen LogP contribution in [0.3, 0.4) is 0 Å². The van der Waals surface area contributed by atoms with E-state index in [1.807, 2.05) is 41.8 Å². The zero-order valence-corrected chi connectivity index (χ0v) is 11.7. The molecule has 20 heavy (non-hydrogen) atoms. The van der Waals surface area contributed by atoms with Crippen molar-refractivity contribution in [2.45, 2.75) is 0 Å². The van der Waals surface area contributed by atoms with Gasteiger partial charge in [0.1, 0.15) is 16.5 Å². The Bertz CT molecular complexity index is 719. The number of aromatic hydroxyl groups is 1. The van der Waals surface area contributed by atoms with Gasteiger partial charge in [0.2, 0.25) is 0 Å². The number of hydrogen-bond acceptors (Lipinski definition) is 4. The summed E-state index contributed by atoms with van der Waals surface area (Å²) in [6, 6.07) is 14.9. The van der Waals surface area contributed by atoms with Crippen LogP contribution in [0.2, 0.25) is 0 Å². The summed E-state index contributed by atoms with van der Waals surface area (Å²) in [4.78, 5) is 4.64. The Balaban J connectivity index is 1.95. The smallest absolute Gasteiger partial charge is 0.124 e. The van der Waals surface area contributed by atoms with Gasteiger partial charge in [0.05, 0.1) is 12.8 Å². The quantitative estimate of drug-likeness (QED) is 0.783. The number of phenols is 1. The van der Waals surface area contributed by atoms with Crippen LogP contribution in [0.15, 0.2) is 53.9 Å². The fourth-order valence-corrected chi connectivity index (χ4v) is 2.76. The fraction of sp³-hybridized carbons (Fsp3) is 0.0625. The van der Waals surface area contributed by atoms with Gasteiger partial charge in [-0.25, -0.2) is 4.98 Å². The van der Waals surface area contributed by atoms with Crippen molar-refractivity contribution < 1.29 is 9.84 Å². The van der Waals surface area contributed by atoms with Crippen molar-refractivity contribution in [1.82, 2.24) is 4.98 Å². The van der Waals surface area contributed by atoms with E-state index in [-0.39, 0.29) is 5.75 Å². The maximum atomic E-state index is 9.31. The molecule has 1 N–H and O–H groups in total. The highest BCUT2D eigenvalue weighted by molar-refractivity contribution is 7.13. The number of aromatic nitrogens is 1. The number of ether oxygens (including phenoxy) is 1. The van der Waals surface area contributed by atoms with Gasteiger partial charge in [-0.15, -0.1) is 11.3 Å². The lowest BCUT2D eigenvalue weighted by atomic mass is 10.1. The maximum Gasteiger partial charge on any atom is 0.124 e. The van der Waals surface area contributed by atoms with E-state index in [0.717, 1.165) is 27.6 Å². The van der Waals surface area contributed by atoms with Crippen LogP contribution in [0, 0.1) is 0 Å². The second-order valence-corrected chi connectivity index (χ2v) is 5.17. The first-order valence-electron chi connectivity index (χ1n) is 6.15. The Kier molecular flexibility index (Phi) is 3.39. The van der Waals surface area contributed by atoms with E-state index >= 15 is 0 Å². The summed E-state index contributed by atoms with van der Waals surface area (Å²) < 4.78 is 5.23. The zero-order chi connectivity index (χ0) is 13.9. The van der Waals surface area contributed by atoms with Gasteiger partial charge >= 0.3 is 0 Å². The third-order valence-corrected chi connectivity index (χ3v) is 3.88. The zero-order valence-electron chi connectivity index (χ0n) is 10.9. The molecule has 0 unspecified atom stereocenters. The Morgan fingerprint density at radius 2 is 1.85 bits per heavy atom. The molecule has 3 aromatic rings. The molecule has 0 spiro atoms. The number of benzene rings is 2. The summed E-state index contributed by atoms with van der Waals surface area (Å²) in [7, 11) is 1.65. The lowest BCUT2D eigenvalue weighted by Gasteiger charge is -2.01. The number of methoxy groups -OCH3 is 1. The average Bonchev–Trinajstić information content (AvgIpc) is 2.98. The van der Waals surface area contributed by atoms with Crippen LogP contribution in [0.1, 0.15) is 0 Å². The Labute approximate surface area is 121 Å². The predicted octanol–water partition coefficient (Wildman–Crippen LogP) is 4.19. The monoisotopic (exact) mass is 283 g/mol. The molecule has 0 saturated heterocycles. The van der Waals surface area contributed by atoms with E-state index in [9.17, 15) is 5.11 Å². The molecule has 3 nitrogen and oxygen atoms in total. The highest BCUT2D eigenvalue weighted by atomic mass is 32.1. The van der Waals surface area contributed by atoms with Crippen LogP contribution >= 0.6 is 11.3 Å². The van der Waals surface area contributed by atoms with Crippen molar-refractivity contribution in [3.63, 3.8) is 0 Å². The minimum Gasteiger partial charge on any atom is -0.508 e. The molecule has 0 bridgehead atoms. The molecular weight excluding hydrogens is 270 g/mol. The number of rotatable bonds is 3. The maximum absolute atomic E-state index is 9.31. The molecule has 100 valence electrons. The lowest BCUT2D eigenvalue weighted by molar-refractivity contribution is 0.415. The van der Waals surface area contributed by atoms with Crippen molar-refractivity contribution >= 4 is 11.3 Å². The van der Waals surface area contributed by atoms with Crippen LogP contribution in [-0.2, 0) is 0 Å². The summed E-state index contributed by atoms with van der Waals surface area (Å²) in [5.74, 6) is 1.08. The molecular formula is C16H13NO2S. The van der Waals surface area contributed by atoms with E-state index in [0.29, 0.717) is 0 Å². The summed E-state index contributed by atoms with van der Waals surface area (Å²) in [5, 5.41) is 12.3. The SMILES string of the molecule is COc1cccc(-c2csc(-c3ccc(O)cc3)n2)c1. The first kappa shape index (κ1) is 12.7. The van der Waals surface area contributed by atoms with Crippen molar-refractivity contribution in [3.05, 3.63) is 53.9 Å². The molecule has 0 saturated carbocycles. The summed E-state index contributed by atoms with van der Waals surface area (Å²) in [5.41, 5.74) is 2.96. The Morgan fingerprint density at radius 1 is 1.05 bits per heavy atom. The standard InChI is InChI=1S/C16H13NO2S/c1-19-14-4-2-3-12(9-14)15-10-20-16(17-15)11-5-7-13(18)8-6-11/h2-10,18H,1H3. The van der Waals surface area contributed by atoms with Crippen LogP contribution < -0.4 is 4.74 Å². The number of thiazole rings is 1. The van der Waals surface area contributed by atoms with Gasteiger partial charge < -0.3 is 9.84 Å². The second kappa shape index (κ2) is 5.35. The van der Waals surface area contributed by atoms with Crippen LogP contribution in [0.4, 0.5) is 0 Å². The van der Waals surface area contributed by atoms with E-state index in [1.54, 1.807) is 30.6 Å². The normalized spacial score (nSPS) is 10.4. The molecule has 0 radical (unpaired) electrons. The first-order valence-corrected chi connectivity index (χ1v) is 7.03. The van der Waals surface area contributed by atoms with Gasteiger partial charge in [-0.3, -0.25) is 0 Å². The van der Waals surface area contributed by atoms with Crippen molar-refractivity contribution in [1.29, 1.82) is 0 Å². The molecule has 4 heteroatoms. The summed E-state index contributed by atoms with van der Waals surface area (Å²) >= 11 is 1.58. The lowest BCUT2D eigenvalue weighted by Crippen LogP contribution is -1.84. The van der Waals surface area contributed by atoms with Gasteiger partial charge in [-0.1, -0.05) is 12.1 Å². The molecule has 3 rings (SSSR count). The topological polar surface area (TPSA) is 42.4 Å². The number of nitrogens with zero attached hydrogens (tertiary/aromatic N) is 1. The van der Waals surface area contributed by atoms with Gasteiger partial charge in [-0.2, -0.15) is 0 Å². The van der Waals surface area contributed by atoms with Gasteiger partial charge in [0.25, 0.3) is 0 Å². The molecule has 0 amide bonds. The van der Waals surface area contributed by atoms with E-state index < -0.39 is 0 Å². The highest BCUT2D eigenvalue weighted by Crippen LogP contribution is 2.30. The van der Waals surface area contributed by atoms with E-state index in [2.05, 4.69) is 4.98 Å². The highest BCUT2D eigenvalue weighted by Gasteiger charge is 2.07. The van der Waals surface area contributed by atoms with Gasteiger partial charge in [0.15, 0.2) is 0 Å². The molecule has 0 aliphatic heterocycles. The molecule has 1 heterocycles. The Hall–Kier alpha value is -2.33. The second-order valence-electron chi connectivity index (χ2n) is 4.32. The largest absolute Gasteiger partial charge is 0.508 e. The minimum atomic E-state index is 0.262. The third-order valence-electron chi connectivity index (χ3n) is 2.98. The van der Waals surface area contributed by atoms with Crippen LogP contribution in [0.25, 0.3) is 21.8 Å². The molecule has 0 fully saturated rings. The summed E-state index contributed by atoms with van der Waals surface area (Å²) in [6.07, 6.45) is 0. The molecule has 1 aromatic heterocycles. The third kappa shape index (κ3) is 2.51. The predicted molar refractivity (Wildman–Crippen MR) is 81.2 cm³/mol. The van der Waals surface area contributed by atoms with Crippen LogP contribution in [-0.4, -0.2) is 17.2 Å². The summed E-state index contributed by atoms with van der Waals surface area (Å²) in [6.45, 7) is 0. The fourth-order valence-electron chi connectivity index (χ4n) is 1.93. The van der Waals surface area contributed by atoms with Gasteiger partial charge in [-0.05, 0) is 36.4 Å². The van der Waals surface area contributed by atoms with Crippen molar-refractivity contribution in [3.8, 4) is 33.3 Å². The van der Waals surface area contributed by atoms with Gasteiger partial charge in [0, 0.05) is 16.5 Å². The average molecular weight is 283 g/mol.